The third kappa shape index (κ3) is 1.50. The van der Waals surface area contributed by atoms with Crippen LogP contribution < -0.4 is 5.73 Å². The van der Waals surface area contributed by atoms with Gasteiger partial charge in [-0.15, -0.1) is 0 Å². The highest BCUT2D eigenvalue weighted by Crippen LogP contribution is 2.45. The van der Waals surface area contributed by atoms with Gasteiger partial charge in [-0.1, -0.05) is 6.92 Å². The predicted molar refractivity (Wildman–Crippen MR) is 55.6 cm³/mol. The third-order valence-electron chi connectivity index (χ3n) is 4.24. The zero-order chi connectivity index (χ0) is 9.69. The van der Waals surface area contributed by atoms with Crippen molar-refractivity contribution in [2.75, 3.05) is 13.1 Å². The summed E-state index contributed by atoms with van der Waals surface area (Å²) in [5.74, 6) is 0.790. The molecule has 0 aromatic rings. The van der Waals surface area contributed by atoms with Gasteiger partial charge in [0.15, 0.2) is 0 Å². The first-order valence-electron chi connectivity index (χ1n) is 5.52. The zero-order valence-corrected chi connectivity index (χ0v) is 9.14. The molecule has 0 atom stereocenters. The Morgan fingerprint density at radius 1 is 1.38 bits per heavy atom. The minimum Gasteiger partial charge on any atom is -0.325 e. The Bertz CT molecular complexity index is 200. The monoisotopic (exact) mass is 182 g/mol. The molecule has 1 saturated carbocycles. The fraction of sp³-hybridized carbons (Fsp3) is 1.00. The molecule has 2 N–H and O–H groups in total. The summed E-state index contributed by atoms with van der Waals surface area (Å²) in [6, 6.07) is 0. The first-order valence-corrected chi connectivity index (χ1v) is 5.52. The van der Waals surface area contributed by atoms with Gasteiger partial charge in [0.05, 0.1) is 0 Å². The van der Waals surface area contributed by atoms with Crippen LogP contribution in [0.2, 0.25) is 0 Å². The second-order valence-corrected chi connectivity index (χ2v) is 5.50. The van der Waals surface area contributed by atoms with Gasteiger partial charge < -0.3 is 5.73 Å². The van der Waals surface area contributed by atoms with Gasteiger partial charge in [-0.2, -0.15) is 0 Å². The van der Waals surface area contributed by atoms with E-state index in [9.17, 15) is 0 Å². The van der Waals surface area contributed by atoms with Crippen molar-refractivity contribution in [2.45, 2.75) is 51.1 Å². The average molecular weight is 182 g/mol. The number of nitrogens with zero attached hydrogens (tertiary/aromatic N) is 1. The van der Waals surface area contributed by atoms with Crippen LogP contribution in [0.3, 0.4) is 0 Å². The van der Waals surface area contributed by atoms with Gasteiger partial charge in [0.2, 0.25) is 0 Å². The maximum absolute atomic E-state index is 6.17. The topological polar surface area (TPSA) is 29.3 Å². The summed E-state index contributed by atoms with van der Waals surface area (Å²) in [6.07, 6.45) is 3.76. The molecule has 0 spiro atoms. The molecular formula is C11H22N2. The minimum atomic E-state index is 0.250. The summed E-state index contributed by atoms with van der Waals surface area (Å²) in [6.45, 7) is 9.40. The maximum atomic E-state index is 6.17. The van der Waals surface area contributed by atoms with E-state index in [1.165, 1.54) is 32.4 Å². The zero-order valence-electron chi connectivity index (χ0n) is 9.14. The summed E-state index contributed by atoms with van der Waals surface area (Å²) in [5.41, 5.74) is 6.81. The molecule has 2 rings (SSSR count). The van der Waals surface area contributed by atoms with Crippen LogP contribution in [0.4, 0.5) is 0 Å². The van der Waals surface area contributed by atoms with E-state index in [-0.39, 0.29) is 5.54 Å². The summed E-state index contributed by atoms with van der Waals surface area (Å²) < 4.78 is 0. The molecule has 1 aliphatic heterocycles. The standard InChI is InChI=1S/C11H22N2/c1-4-10(2,3)13-7-9(8-13)11(12)5-6-11/h9H,4-8,12H2,1-3H3. The Labute approximate surface area is 81.5 Å². The Morgan fingerprint density at radius 3 is 2.31 bits per heavy atom. The lowest BCUT2D eigenvalue weighted by atomic mass is 9.84. The van der Waals surface area contributed by atoms with E-state index in [2.05, 4.69) is 25.7 Å². The summed E-state index contributed by atoms with van der Waals surface area (Å²) in [4.78, 5) is 2.57. The fourth-order valence-corrected chi connectivity index (χ4v) is 2.11. The molecule has 2 nitrogen and oxygen atoms in total. The van der Waals surface area contributed by atoms with E-state index in [0.717, 1.165) is 5.92 Å². The molecule has 2 heteroatoms. The van der Waals surface area contributed by atoms with Crippen molar-refractivity contribution >= 4 is 0 Å². The van der Waals surface area contributed by atoms with Gasteiger partial charge in [-0.05, 0) is 33.1 Å². The van der Waals surface area contributed by atoms with Gasteiger partial charge in [-0.3, -0.25) is 4.90 Å². The number of rotatable bonds is 3. The largest absolute Gasteiger partial charge is 0.325 e. The van der Waals surface area contributed by atoms with E-state index in [1.54, 1.807) is 0 Å². The third-order valence-corrected chi connectivity index (χ3v) is 4.24. The fourth-order valence-electron chi connectivity index (χ4n) is 2.11. The van der Waals surface area contributed by atoms with E-state index < -0.39 is 0 Å². The molecule has 1 saturated heterocycles. The van der Waals surface area contributed by atoms with Crippen LogP contribution in [-0.2, 0) is 0 Å². The van der Waals surface area contributed by atoms with Gasteiger partial charge in [0, 0.05) is 30.1 Å². The smallest absolute Gasteiger partial charge is 0.0208 e. The minimum absolute atomic E-state index is 0.250. The van der Waals surface area contributed by atoms with Crippen LogP contribution >= 0.6 is 0 Å². The lowest BCUT2D eigenvalue weighted by Gasteiger charge is -2.51. The van der Waals surface area contributed by atoms with Gasteiger partial charge >= 0.3 is 0 Å². The Hall–Kier alpha value is -0.0800. The lowest BCUT2D eigenvalue weighted by Crippen LogP contribution is -2.62. The number of nitrogens with two attached hydrogens (primary N) is 1. The van der Waals surface area contributed by atoms with Crippen LogP contribution in [0.5, 0.6) is 0 Å². The molecule has 76 valence electrons. The van der Waals surface area contributed by atoms with Crippen molar-refractivity contribution in [3.05, 3.63) is 0 Å². The van der Waals surface area contributed by atoms with Crippen molar-refractivity contribution in [3.8, 4) is 0 Å². The molecule has 0 amide bonds. The van der Waals surface area contributed by atoms with Crippen LogP contribution in [-0.4, -0.2) is 29.1 Å². The quantitative estimate of drug-likeness (QED) is 0.718. The number of hydrogen-bond acceptors (Lipinski definition) is 2. The first kappa shape index (κ1) is 9.47. The highest BCUT2D eigenvalue weighted by molar-refractivity contribution is 5.10. The molecule has 0 aromatic carbocycles. The van der Waals surface area contributed by atoms with Crippen LogP contribution in [0, 0.1) is 5.92 Å². The van der Waals surface area contributed by atoms with Crippen molar-refractivity contribution in [1.82, 2.24) is 4.90 Å². The van der Waals surface area contributed by atoms with Crippen molar-refractivity contribution in [2.24, 2.45) is 11.7 Å². The Balaban J connectivity index is 1.84. The van der Waals surface area contributed by atoms with Gasteiger partial charge in [0.25, 0.3) is 0 Å². The van der Waals surface area contributed by atoms with Crippen LogP contribution in [0.1, 0.15) is 40.0 Å². The molecule has 1 aliphatic carbocycles. The molecule has 0 aromatic heterocycles. The molecule has 1 heterocycles. The van der Waals surface area contributed by atoms with E-state index in [0.29, 0.717) is 5.54 Å². The summed E-state index contributed by atoms with van der Waals surface area (Å²) in [5, 5.41) is 0. The van der Waals surface area contributed by atoms with E-state index >= 15 is 0 Å². The molecular weight excluding hydrogens is 160 g/mol. The molecule has 2 aliphatic rings. The van der Waals surface area contributed by atoms with E-state index in [1.807, 2.05) is 0 Å². The molecule has 0 bridgehead atoms. The van der Waals surface area contributed by atoms with Crippen molar-refractivity contribution in [3.63, 3.8) is 0 Å². The Kier molecular flexibility index (Phi) is 1.97. The van der Waals surface area contributed by atoms with Crippen molar-refractivity contribution in [1.29, 1.82) is 0 Å². The second kappa shape index (κ2) is 2.71. The number of hydrogen-bond donors (Lipinski definition) is 1. The molecule has 0 radical (unpaired) electrons. The highest BCUT2D eigenvalue weighted by Gasteiger charge is 2.52. The van der Waals surface area contributed by atoms with Gasteiger partial charge in [-0.25, -0.2) is 0 Å². The molecule has 0 unspecified atom stereocenters. The summed E-state index contributed by atoms with van der Waals surface area (Å²) in [7, 11) is 0. The SMILES string of the molecule is CCC(C)(C)N1CC(C2(N)CC2)C1. The number of likely N-dealkylation sites (tertiary alicyclic amines) is 1. The second-order valence-electron chi connectivity index (χ2n) is 5.50. The maximum Gasteiger partial charge on any atom is 0.0208 e. The first-order chi connectivity index (χ1) is 5.98. The highest BCUT2D eigenvalue weighted by atomic mass is 15.3. The van der Waals surface area contributed by atoms with Gasteiger partial charge in [0.1, 0.15) is 0 Å². The normalized spacial score (nSPS) is 28.6. The Morgan fingerprint density at radius 2 is 1.92 bits per heavy atom. The molecule has 2 fully saturated rings. The van der Waals surface area contributed by atoms with Crippen LogP contribution in [0.15, 0.2) is 0 Å². The van der Waals surface area contributed by atoms with E-state index in [4.69, 9.17) is 5.73 Å². The average Bonchev–Trinajstić information content (AvgIpc) is 2.64. The summed E-state index contributed by atoms with van der Waals surface area (Å²) >= 11 is 0. The van der Waals surface area contributed by atoms with Crippen molar-refractivity contribution < 1.29 is 0 Å². The van der Waals surface area contributed by atoms with Crippen LogP contribution in [0.25, 0.3) is 0 Å². The lowest BCUT2D eigenvalue weighted by molar-refractivity contribution is -0.0129. The predicted octanol–water partition coefficient (Wildman–Crippen LogP) is 1.60. The molecule has 13 heavy (non-hydrogen) atoms.